The number of furan rings is 1. The third-order valence-corrected chi connectivity index (χ3v) is 11.1. The molecule has 2 nitrogen and oxygen atoms in total. The van der Waals surface area contributed by atoms with Crippen LogP contribution in [-0.2, 0) is 0 Å². The fraction of sp³-hybridized carbons (Fsp3) is 0. The molecule has 0 fully saturated rings. The Balaban J connectivity index is 1.22. The maximum absolute atomic E-state index is 6.27. The van der Waals surface area contributed by atoms with Gasteiger partial charge in [0.25, 0.3) is 0 Å². The van der Waals surface area contributed by atoms with Crippen LogP contribution in [0.2, 0.25) is 0 Å². The minimum absolute atomic E-state index is 0.884. The molecular formula is C48H31NOS. The van der Waals surface area contributed by atoms with Crippen molar-refractivity contribution in [2.24, 2.45) is 0 Å². The summed E-state index contributed by atoms with van der Waals surface area (Å²) >= 11 is 1.87. The second kappa shape index (κ2) is 12.2. The molecular weight excluding hydrogens is 639 g/mol. The number of fused-ring (bicyclic) bond motifs is 6. The third-order valence-electron chi connectivity index (χ3n) is 9.85. The zero-order chi connectivity index (χ0) is 33.7. The van der Waals surface area contributed by atoms with Gasteiger partial charge in [-0.25, -0.2) is 0 Å². The maximum Gasteiger partial charge on any atom is 0.135 e. The molecule has 0 atom stereocenters. The van der Waals surface area contributed by atoms with E-state index in [1.165, 1.54) is 53.6 Å². The fourth-order valence-corrected chi connectivity index (χ4v) is 8.64. The molecule has 2 heterocycles. The van der Waals surface area contributed by atoms with Gasteiger partial charge >= 0.3 is 0 Å². The minimum atomic E-state index is 0.884. The predicted octanol–water partition coefficient (Wildman–Crippen LogP) is 14.4. The van der Waals surface area contributed by atoms with E-state index in [4.69, 9.17) is 4.42 Å². The fourth-order valence-electron chi connectivity index (χ4n) is 7.40. The van der Waals surface area contributed by atoms with Crippen molar-refractivity contribution < 1.29 is 4.42 Å². The van der Waals surface area contributed by atoms with Crippen molar-refractivity contribution in [3.8, 4) is 33.4 Å². The number of hydrogen-bond donors (Lipinski definition) is 0. The molecule has 0 aliphatic carbocycles. The van der Waals surface area contributed by atoms with E-state index in [2.05, 4.69) is 181 Å². The number of hydrogen-bond acceptors (Lipinski definition) is 3. The molecule has 51 heavy (non-hydrogen) atoms. The number of benzene rings is 8. The summed E-state index contributed by atoms with van der Waals surface area (Å²) < 4.78 is 8.88. The molecule has 0 aliphatic heterocycles. The van der Waals surface area contributed by atoms with Gasteiger partial charge < -0.3 is 9.32 Å². The highest BCUT2D eigenvalue weighted by Gasteiger charge is 2.19. The lowest BCUT2D eigenvalue weighted by atomic mass is 9.96. The van der Waals surface area contributed by atoms with Crippen molar-refractivity contribution in [3.05, 3.63) is 188 Å². The Labute approximate surface area is 300 Å². The van der Waals surface area contributed by atoms with Crippen LogP contribution in [0, 0.1) is 0 Å². The highest BCUT2D eigenvalue weighted by Crippen LogP contribution is 2.45. The Morgan fingerprint density at radius 1 is 0.353 bits per heavy atom. The topological polar surface area (TPSA) is 16.4 Å². The van der Waals surface area contributed by atoms with Crippen LogP contribution in [0.1, 0.15) is 0 Å². The first-order valence-electron chi connectivity index (χ1n) is 17.2. The molecule has 3 heteroatoms. The van der Waals surface area contributed by atoms with Gasteiger partial charge in [-0.3, -0.25) is 0 Å². The van der Waals surface area contributed by atoms with E-state index in [0.717, 1.165) is 39.0 Å². The molecule has 240 valence electrons. The van der Waals surface area contributed by atoms with E-state index in [-0.39, 0.29) is 0 Å². The zero-order valence-corrected chi connectivity index (χ0v) is 28.5. The first kappa shape index (κ1) is 29.5. The van der Waals surface area contributed by atoms with Gasteiger partial charge in [-0.15, -0.1) is 11.3 Å². The number of anilines is 3. The highest BCUT2D eigenvalue weighted by atomic mass is 32.1. The SMILES string of the molecule is c1ccc(-c2ccc(N(c3cc(-c4ccccc4)cc(-c4cccc5c4sc4ccccc45)c3)c3ccc4oc5ccccc5c4c3)cc2)cc1. The second-order valence-electron chi connectivity index (χ2n) is 12.9. The molecule has 0 amide bonds. The molecule has 0 aliphatic rings. The van der Waals surface area contributed by atoms with Crippen LogP contribution >= 0.6 is 11.3 Å². The molecule has 0 spiro atoms. The summed E-state index contributed by atoms with van der Waals surface area (Å²) in [6.45, 7) is 0. The summed E-state index contributed by atoms with van der Waals surface area (Å²) in [4.78, 5) is 2.39. The van der Waals surface area contributed by atoms with Crippen LogP contribution in [0.4, 0.5) is 17.1 Å². The van der Waals surface area contributed by atoms with Crippen LogP contribution < -0.4 is 4.90 Å². The van der Waals surface area contributed by atoms with Crippen molar-refractivity contribution in [2.75, 3.05) is 4.90 Å². The van der Waals surface area contributed by atoms with E-state index in [1.807, 2.05) is 23.5 Å². The van der Waals surface area contributed by atoms with Crippen molar-refractivity contribution in [1.29, 1.82) is 0 Å². The summed E-state index contributed by atoms with van der Waals surface area (Å²) in [6, 6.07) is 67.5. The van der Waals surface area contributed by atoms with Crippen molar-refractivity contribution in [3.63, 3.8) is 0 Å². The Morgan fingerprint density at radius 3 is 1.76 bits per heavy atom. The lowest BCUT2D eigenvalue weighted by Crippen LogP contribution is -2.10. The lowest BCUT2D eigenvalue weighted by molar-refractivity contribution is 0.669. The summed E-state index contributed by atoms with van der Waals surface area (Å²) in [7, 11) is 0. The van der Waals surface area contributed by atoms with E-state index < -0.39 is 0 Å². The van der Waals surface area contributed by atoms with Crippen molar-refractivity contribution in [2.45, 2.75) is 0 Å². The summed E-state index contributed by atoms with van der Waals surface area (Å²) in [6.07, 6.45) is 0. The van der Waals surface area contributed by atoms with Gasteiger partial charge in [-0.2, -0.15) is 0 Å². The van der Waals surface area contributed by atoms with Crippen molar-refractivity contribution in [1.82, 2.24) is 0 Å². The number of para-hydroxylation sites is 1. The molecule has 0 saturated carbocycles. The number of rotatable bonds is 6. The summed E-state index contributed by atoms with van der Waals surface area (Å²) in [5, 5.41) is 4.82. The van der Waals surface area contributed by atoms with Gasteiger partial charge in [0.2, 0.25) is 0 Å². The maximum atomic E-state index is 6.27. The number of nitrogens with zero attached hydrogens (tertiary/aromatic N) is 1. The second-order valence-corrected chi connectivity index (χ2v) is 14.0. The molecule has 0 unspecified atom stereocenters. The zero-order valence-electron chi connectivity index (χ0n) is 27.7. The molecule has 0 radical (unpaired) electrons. The molecule has 0 bridgehead atoms. The molecule has 2 aromatic heterocycles. The van der Waals surface area contributed by atoms with Gasteiger partial charge in [-0.1, -0.05) is 127 Å². The van der Waals surface area contributed by atoms with Gasteiger partial charge in [-0.05, 0) is 94.0 Å². The smallest absolute Gasteiger partial charge is 0.135 e. The van der Waals surface area contributed by atoms with Crippen LogP contribution in [0.5, 0.6) is 0 Å². The normalized spacial score (nSPS) is 11.5. The van der Waals surface area contributed by atoms with Gasteiger partial charge in [0.05, 0.1) is 0 Å². The Kier molecular flexibility index (Phi) is 7.04. The quantitative estimate of drug-likeness (QED) is 0.175. The Hall–Kier alpha value is -6.42. The predicted molar refractivity (Wildman–Crippen MR) is 218 cm³/mol. The summed E-state index contributed by atoms with van der Waals surface area (Å²) in [5.74, 6) is 0. The van der Waals surface area contributed by atoms with Gasteiger partial charge in [0.1, 0.15) is 11.2 Å². The van der Waals surface area contributed by atoms with Crippen LogP contribution in [0.3, 0.4) is 0 Å². The minimum Gasteiger partial charge on any atom is -0.456 e. The first-order chi connectivity index (χ1) is 25.3. The molecule has 10 rings (SSSR count). The third kappa shape index (κ3) is 5.18. The highest BCUT2D eigenvalue weighted by molar-refractivity contribution is 7.26. The largest absolute Gasteiger partial charge is 0.456 e. The van der Waals surface area contributed by atoms with Crippen molar-refractivity contribution >= 4 is 70.5 Å². The monoisotopic (exact) mass is 669 g/mol. The first-order valence-corrected chi connectivity index (χ1v) is 18.1. The Morgan fingerprint density at radius 2 is 0.961 bits per heavy atom. The number of thiophene rings is 1. The lowest BCUT2D eigenvalue weighted by Gasteiger charge is -2.27. The van der Waals surface area contributed by atoms with E-state index in [9.17, 15) is 0 Å². The van der Waals surface area contributed by atoms with E-state index in [1.54, 1.807) is 0 Å². The molecule has 0 saturated heterocycles. The van der Waals surface area contributed by atoms with Crippen LogP contribution in [-0.4, -0.2) is 0 Å². The molecule has 8 aromatic carbocycles. The van der Waals surface area contributed by atoms with E-state index >= 15 is 0 Å². The molecule has 10 aromatic rings. The molecule has 0 N–H and O–H groups in total. The Bertz CT molecular complexity index is 2850. The van der Waals surface area contributed by atoms with Crippen LogP contribution in [0.15, 0.2) is 192 Å². The average Bonchev–Trinajstić information content (AvgIpc) is 3.77. The standard InChI is InChI=1S/C48H31NOS/c1-3-12-32(13-4-1)34-22-24-37(25-23-34)49(38-26-27-46-44(31-38)41-16-7-9-20-45(41)50-46)39-29-35(33-14-5-2-6-15-33)28-36(30-39)40-18-11-19-43-42-17-8-10-21-47(42)51-48(40)43/h1-31H. The van der Waals surface area contributed by atoms with Crippen LogP contribution in [0.25, 0.3) is 75.5 Å². The average molecular weight is 670 g/mol. The van der Waals surface area contributed by atoms with Gasteiger partial charge in [0.15, 0.2) is 0 Å². The summed E-state index contributed by atoms with van der Waals surface area (Å²) in [5.41, 5.74) is 12.2. The van der Waals surface area contributed by atoms with E-state index in [0.29, 0.717) is 0 Å². The van der Waals surface area contributed by atoms with Gasteiger partial charge in [0, 0.05) is 48.0 Å².